The molecule has 4 rings (SSSR count). The second kappa shape index (κ2) is 6.27. The van der Waals surface area contributed by atoms with Crippen molar-refractivity contribution >= 4 is 34.5 Å². The zero-order valence-electron chi connectivity index (χ0n) is 13.5. The maximum absolute atomic E-state index is 12.5. The SMILES string of the molecule is O=C(NCC1CC2(CCNCC2)C(=O)O1)c1cc(Cl)nc2[nH]ncc12. The minimum absolute atomic E-state index is 0.141. The fourth-order valence-corrected chi connectivity index (χ4v) is 3.85. The molecule has 2 saturated heterocycles. The maximum atomic E-state index is 12.5. The molecule has 8 nitrogen and oxygen atoms in total. The van der Waals surface area contributed by atoms with Crippen molar-refractivity contribution in [2.45, 2.75) is 25.4 Å². The lowest BCUT2D eigenvalue weighted by molar-refractivity contribution is -0.149. The number of hydrogen-bond donors (Lipinski definition) is 3. The number of rotatable bonds is 3. The standard InChI is InChI=1S/C16H18ClN5O3/c17-12-5-10(11-8-20-22-13(11)21-12)14(23)19-7-9-6-16(15(24)25-9)1-3-18-4-2-16/h5,8-9,18H,1-4,6-7H2,(H,19,23)(H,20,21,22). The molecule has 1 atom stereocenters. The molecule has 0 saturated carbocycles. The third-order valence-electron chi connectivity index (χ3n) is 5.01. The van der Waals surface area contributed by atoms with Crippen LogP contribution in [0.1, 0.15) is 29.6 Å². The van der Waals surface area contributed by atoms with Crippen molar-refractivity contribution < 1.29 is 14.3 Å². The van der Waals surface area contributed by atoms with Crippen LogP contribution in [-0.4, -0.2) is 52.8 Å². The molecule has 2 aromatic heterocycles. The Balaban J connectivity index is 1.44. The number of piperidine rings is 1. The van der Waals surface area contributed by atoms with Crippen LogP contribution in [0.2, 0.25) is 5.15 Å². The van der Waals surface area contributed by atoms with E-state index in [1.807, 2.05) is 0 Å². The van der Waals surface area contributed by atoms with Crippen LogP contribution in [0.25, 0.3) is 11.0 Å². The number of aromatic amines is 1. The molecule has 0 radical (unpaired) electrons. The number of pyridine rings is 1. The first-order chi connectivity index (χ1) is 12.1. The van der Waals surface area contributed by atoms with Gasteiger partial charge in [-0.05, 0) is 32.0 Å². The number of cyclic esters (lactones) is 1. The van der Waals surface area contributed by atoms with E-state index in [1.54, 1.807) is 0 Å². The highest BCUT2D eigenvalue weighted by Gasteiger charge is 2.49. The van der Waals surface area contributed by atoms with E-state index in [-0.39, 0.29) is 29.7 Å². The number of carbonyl (C=O) groups is 2. The highest BCUT2D eigenvalue weighted by atomic mass is 35.5. The van der Waals surface area contributed by atoms with E-state index in [9.17, 15) is 9.59 Å². The predicted molar refractivity (Wildman–Crippen MR) is 90.3 cm³/mol. The van der Waals surface area contributed by atoms with Gasteiger partial charge in [-0.15, -0.1) is 0 Å². The molecular formula is C16H18ClN5O3. The van der Waals surface area contributed by atoms with Gasteiger partial charge in [-0.2, -0.15) is 5.10 Å². The zero-order valence-corrected chi connectivity index (χ0v) is 14.2. The van der Waals surface area contributed by atoms with E-state index >= 15 is 0 Å². The molecule has 0 aromatic carbocycles. The molecule has 3 N–H and O–H groups in total. The molecular weight excluding hydrogens is 346 g/mol. The number of amides is 1. The summed E-state index contributed by atoms with van der Waals surface area (Å²) in [4.78, 5) is 28.9. The summed E-state index contributed by atoms with van der Waals surface area (Å²) < 4.78 is 5.50. The summed E-state index contributed by atoms with van der Waals surface area (Å²) >= 11 is 5.95. The number of H-pyrrole nitrogens is 1. The minimum atomic E-state index is -0.390. The normalized spacial score (nSPS) is 22.3. The van der Waals surface area contributed by atoms with Crippen molar-refractivity contribution in [3.05, 3.63) is 23.0 Å². The lowest BCUT2D eigenvalue weighted by Gasteiger charge is -2.29. The van der Waals surface area contributed by atoms with E-state index in [4.69, 9.17) is 16.3 Å². The van der Waals surface area contributed by atoms with Crippen molar-refractivity contribution in [2.24, 2.45) is 5.41 Å². The van der Waals surface area contributed by atoms with Crippen LogP contribution >= 0.6 is 11.6 Å². The van der Waals surface area contributed by atoms with Gasteiger partial charge in [-0.1, -0.05) is 11.6 Å². The molecule has 1 amide bonds. The van der Waals surface area contributed by atoms with Gasteiger partial charge < -0.3 is 15.4 Å². The van der Waals surface area contributed by atoms with E-state index in [0.29, 0.717) is 23.0 Å². The Morgan fingerprint density at radius 3 is 3.04 bits per heavy atom. The summed E-state index contributed by atoms with van der Waals surface area (Å²) in [5.41, 5.74) is 0.460. The average molecular weight is 364 g/mol. The smallest absolute Gasteiger partial charge is 0.312 e. The summed E-state index contributed by atoms with van der Waals surface area (Å²) in [7, 11) is 0. The lowest BCUT2D eigenvalue weighted by Crippen LogP contribution is -2.39. The third-order valence-corrected chi connectivity index (χ3v) is 5.21. The summed E-state index contributed by atoms with van der Waals surface area (Å²) in [6, 6.07) is 1.50. The Bertz CT molecular complexity index is 830. The molecule has 2 fully saturated rings. The van der Waals surface area contributed by atoms with E-state index in [0.717, 1.165) is 25.9 Å². The van der Waals surface area contributed by atoms with Crippen molar-refractivity contribution in [2.75, 3.05) is 19.6 Å². The van der Waals surface area contributed by atoms with Crippen LogP contribution in [0.15, 0.2) is 12.3 Å². The van der Waals surface area contributed by atoms with Crippen LogP contribution < -0.4 is 10.6 Å². The molecule has 132 valence electrons. The predicted octanol–water partition coefficient (Wildman–Crippen LogP) is 1.03. The summed E-state index contributed by atoms with van der Waals surface area (Å²) in [6.45, 7) is 1.92. The second-order valence-electron chi connectivity index (χ2n) is 6.60. The summed E-state index contributed by atoms with van der Waals surface area (Å²) in [6.07, 6.45) is 3.45. The largest absolute Gasteiger partial charge is 0.460 e. The van der Waals surface area contributed by atoms with Crippen molar-refractivity contribution in [1.29, 1.82) is 0 Å². The zero-order chi connectivity index (χ0) is 17.4. The topological polar surface area (TPSA) is 109 Å². The van der Waals surface area contributed by atoms with Crippen molar-refractivity contribution in [3.63, 3.8) is 0 Å². The Morgan fingerprint density at radius 2 is 2.24 bits per heavy atom. The lowest BCUT2D eigenvalue weighted by atomic mass is 9.76. The number of nitrogens with zero attached hydrogens (tertiary/aromatic N) is 2. The number of esters is 1. The van der Waals surface area contributed by atoms with E-state index in [2.05, 4.69) is 25.8 Å². The van der Waals surface area contributed by atoms with Crippen LogP contribution in [0, 0.1) is 5.41 Å². The van der Waals surface area contributed by atoms with Gasteiger partial charge in [-0.3, -0.25) is 14.7 Å². The maximum Gasteiger partial charge on any atom is 0.312 e. The monoisotopic (exact) mass is 363 g/mol. The van der Waals surface area contributed by atoms with Crippen molar-refractivity contribution in [1.82, 2.24) is 25.8 Å². The Morgan fingerprint density at radius 1 is 1.44 bits per heavy atom. The van der Waals surface area contributed by atoms with Gasteiger partial charge in [0.25, 0.3) is 5.91 Å². The van der Waals surface area contributed by atoms with Crippen molar-refractivity contribution in [3.8, 4) is 0 Å². The van der Waals surface area contributed by atoms with Gasteiger partial charge in [0.05, 0.1) is 29.1 Å². The van der Waals surface area contributed by atoms with E-state index < -0.39 is 5.41 Å². The first-order valence-corrected chi connectivity index (χ1v) is 8.65. The first kappa shape index (κ1) is 16.3. The van der Waals surface area contributed by atoms with Crippen LogP contribution in [0.3, 0.4) is 0 Å². The molecule has 1 unspecified atom stereocenters. The molecule has 2 aliphatic rings. The Labute approximate surface area is 148 Å². The van der Waals surface area contributed by atoms with Gasteiger partial charge >= 0.3 is 5.97 Å². The number of aromatic nitrogens is 3. The number of halogens is 1. The van der Waals surface area contributed by atoms with Gasteiger partial charge in [0, 0.05) is 6.42 Å². The quantitative estimate of drug-likeness (QED) is 0.555. The highest BCUT2D eigenvalue weighted by molar-refractivity contribution is 6.30. The average Bonchev–Trinajstić information content (AvgIpc) is 3.18. The number of nitrogens with one attached hydrogen (secondary N) is 3. The van der Waals surface area contributed by atoms with Crippen LogP contribution in [0.5, 0.6) is 0 Å². The molecule has 2 aliphatic heterocycles. The number of hydrogen-bond acceptors (Lipinski definition) is 6. The minimum Gasteiger partial charge on any atom is -0.460 e. The van der Waals surface area contributed by atoms with Gasteiger partial charge in [0.1, 0.15) is 11.3 Å². The van der Waals surface area contributed by atoms with Gasteiger partial charge in [-0.25, -0.2) is 4.98 Å². The fourth-order valence-electron chi connectivity index (χ4n) is 3.65. The highest BCUT2D eigenvalue weighted by Crippen LogP contribution is 2.41. The molecule has 4 heterocycles. The van der Waals surface area contributed by atoms with Gasteiger partial charge in [0.15, 0.2) is 5.65 Å². The van der Waals surface area contributed by atoms with Crippen LogP contribution in [-0.2, 0) is 9.53 Å². The summed E-state index contributed by atoms with van der Waals surface area (Å²) in [5, 5.41) is 13.5. The first-order valence-electron chi connectivity index (χ1n) is 8.27. The molecule has 1 spiro atoms. The molecule has 2 aromatic rings. The van der Waals surface area contributed by atoms with E-state index in [1.165, 1.54) is 12.3 Å². The summed E-state index contributed by atoms with van der Waals surface area (Å²) in [5.74, 6) is -0.435. The fraction of sp³-hybridized carbons (Fsp3) is 0.500. The second-order valence-corrected chi connectivity index (χ2v) is 6.98. The Hall–Kier alpha value is -2.19. The van der Waals surface area contributed by atoms with Crippen LogP contribution in [0.4, 0.5) is 0 Å². The third kappa shape index (κ3) is 2.96. The molecule has 0 bridgehead atoms. The number of carbonyl (C=O) groups excluding carboxylic acids is 2. The Kier molecular flexibility index (Phi) is 4.09. The molecule has 9 heteroatoms. The number of ether oxygens (including phenoxy) is 1. The van der Waals surface area contributed by atoms with Gasteiger partial charge in [0.2, 0.25) is 0 Å². The molecule has 25 heavy (non-hydrogen) atoms. The molecule has 0 aliphatic carbocycles. The number of fused-ring (bicyclic) bond motifs is 1.